The van der Waals surface area contributed by atoms with Crippen molar-refractivity contribution in [2.24, 2.45) is 0 Å². The second-order valence-corrected chi connectivity index (χ2v) is 2.55. The fourth-order valence-electron chi connectivity index (χ4n) is 0.267. The molecular formula is C4H6NO2S2Zn-. The summed E-state index contributed by atoms with van der Waals surface area (Å²) in [4.78, 5) is 11.3. The molecule has 0 aromatic carbocycles. The Hall–Kier alpha value is 0.203. The van der Waals surface area contributed by atoms with Gasteiger partial charge in [0.05, 0.1) is 0 Å². The summed E-state index contributed by atoms with van der Waals surface area (Å²) in [6, 6.07) is 0. The van der Waals surface area contributed by atoms with Crippen molar-refractivity contribution >= 4 is 35.1 Å². The molecule has 0 spiro atoms. The Bertz CT molecular complexity index is 141. The SMILES string of the molecule is CN(CC(=O)O)C(=S)[S-].[Zn]. The fourth-order valence-corrected chi connectivity index (χ4v) is 0.397. The molecule has 1 N–H and O–H groups in total. The number of aliphatic carboxylic acids is 1. The number of carbonyl (C=O) groups is 1. The third kappa shape index (κ3) is 6.33. The third-order valence-electron chi connectivity index (χ3n) is 0.684. The molecule has 10 heavy (non-hydrogen) atoms. The molecule has 0 saturated heterocycles. The van der Waals surface area contributed by atoms with Crippen molar-refractivity contribution < 1.29 is 29.4 Å². The number of thiocarbonyl (C=S) groups is 1. The van der Waals surface area contributed by atoms with E-state index in [9.17, 15) is 4.79 Å². The Morgan fingerprint density at radius 1 is 1.80 bits per heavy atom. The van der Waals surface area contributed by atoms with Gasteiger partial charge < -0.3 is 34.9 Å². The van der Waals surface area contributed by atoms with Crippen molar-refractivity contribution in [3.05, 3.63) is 0 Å². The van der Waals surface area contributed by atoms with Crippen LogP contribution in [0.15, 0.2) is 0 Å². The second-order valence-electron chi connectivity index (χ2n) is 1.52. The summed E-state index contributed by atoms with van der Waals surface area (Å²) < 4.78 is 0.178. The molecule has 0 aliphatic rings. The number of carboxylic acid groups (broad SMARTS) is 1. The summed E-state index contributed by atoms with van der Waals surface area (Å²) in [6.45, 7) is -0.123. The Morgan fingerprint density at radius 2 is 2.20 bits per heavy atom. The summed E-state index contributed by atoms with van der Waals surface area (Å²) in [7, 11) is 1.55. The maximum atomic E-state index is 9.97. The zero-order valence-corrected chi connectivity index (χ0v) is 10.1. The molecule has 0 aromatic rings. The zero-order chi connectivity index (χ0) is 7.44. The number of rotatable bonds is 2. The zero-order valence-electron chi connectivity index (χ0n) is 5.53. The van der Waals surface area contributed by atoms with Gasteiger partial charge in [0, 0.05) is 26.5 Å². The van der Waals surface area contributed by atoms with Gasteiger partial charge in [-0.05, 0) is 0 Å². The maximum Gasteiger partial charge on any atom is 0.323 e. The molecule has 0 rings (SSSR count). The molecule has 0 amide bonds. The standard InChI is InChI=1S/C4H7NO2S2.Zn/c1-5(4(8)9)2-3(6)7;/h2H2,1H3,(H,6,7)(H,8,9);/p-1. The van der Waals surface area contributed by atoms with E-state index < -0.39 is 5.97 Å². The molecule has 0 fully saturated rings. The fraction of sp³-hybridized carbons (Fsp3) is 0.500. The predicted octanol–water partition coefficient (Wildman–Crippen LogP) is -0.168. The van der Waals surface area contributed by atoms with Crippen LogP contribution in [0.4, 0.5) is 0 Å². The molecule has 0 saturated carbocycles. The Balaban J connectivity index is 0. The molecule has 0 bridgehead atoms. The Kier molecular flexibility index (Phi) is 7.64. The first-order valence-corrected chi connectivity index (χ1v) is 2.99. The quantitative estimate of drug-likeness (QED) is 0.405. The van der Waals surface area contributed by atoms with Crippen LogP contribution in [0, 0.1) is 0 Å². The van der Waals surface area contributed by atoms with Gasteiger partial charge in [0.2, 0.25) is 0 Å². The largest absolute Gasteiger partial charge is 0.480 e. The van der Waals surface area contributed by atoms with Gasteiger partial charge in [0.1, 0.15) is 6.54 Å². The van der Waals surface area contributed by atoms with E-state index in [1.54, 1.807) is 7.05 Å². The van der Waals surface area contributed by atoms with Crippen LogP contribution >= 0.6 is 12.2 Å². The minimum atomic E-state index is -0.926. The van der Waals surface area contributed by atoms with Crippen LogP contribution in [-0.4, -0.2) is 33.9 Å². The van der Waals surface area contributed by atoms with E-state index >= 15 is 0 Å². The molecule has 0 radical (unpaired) electrons. The van der Waals surface area contributed by atoms with Gasteiger partial charge in [-0.15, -0.1) is 0 Å². The first kappa shape index (κ1) is 12.8. The van der Waals surface area contributed by atoms with Crippen LogP contribution in [0.3, 0.4) is 0 Å². The van der Waals surface area contributed by atoms with E-state index in [1.807, 2.05) is 0 Å². The van der Waals surface area contributed by atoms with E-state index in [1.165, 1.54) is 4.90 Å². The van der Waals surface area contributed by atoms with Crippen molar-refractivity contribution in [1.29, 1.82) is 0 Å². The van der Waals surface area contributed by atoms with Crippen molar-refractivity contribution in [1.82, 2.24) is 4.90 Å². The number of hydrogen-bond acceptors (Lipinski definition) is 3. The van der Waals surface area contributed by atoms with Crippen LogP contribution in [0.25, 0.3) is 0 Å². The van der Waals surface area contributed by atoms with Crippen LogP contribution in [-0.2, 0) is 36.9 Å². The van der Waals surface area contributed by atoms with Gasteiger partial charge in [0.25, 0.3) is 0 Å². The van der Waals surface area contributed by atoms with Crippen molar-refractivity contribution in [3.8, 4) is 0 Å². The smallest absolute Gasteiger partial charge is 0.323 e. The molecule has 54 valence electrons. The first-order chi connectivity index (χ1) is 4.04. The molecule has 0 aromatic heterocycles. The molecule has 0 atom stereocenters. The summed E-state index contributed by atoms with van der Waals surface area (Å²) in [6.07, 6.45) is 0. The van der Waals surface area contributed by atoms with Gasteiger partial charge in [-0.1, -0.05) is 4.32 Å². The average molecular weight is 230 g/mol. The van der Waals surface area contributed by atoms with Crippen LogP contribution in [0.5, 0.6) is 0 Å². The topological polar surface area (TPSA) is 40.5 Å². The summed E-state index contributed by atoms with van der Waals surface area (Å²) in [5, 5.41) is 8.19. The first-order valence-electron chi connectivity index (χ1n) is 2.18. The number of likely N-dealkylation sites (N-methyl/N-ethyl adjacent to an activating group) is 1. The summed E-state index contributed by atoms with van der Waals surface area (Å²) in [5.74, 6) is -0.926. The summed E-state index contributed by atoms with van der Waals surface area (Å²) >= 11 is 9.03. The molecular weight excluding hydrogens is 224 g/mol. The van der Waals surface area contributed by atoms with Gasteiger partial charge in [-0.25, -0.2) is 0 Å². The van der Waals surface area contributed by atoms with E-state index in [0.29, 0.717) is 0 Å². The van der Waals surface area contributed by atoms with Crippen molar-refractivity contribution in [3.63, 3.8) is 0 Å². The van der Waals surface area contributed by atoms with Crippen molar-refractivity contribution in [2.75, 3.05) is 13.6 Å². The van der Waals surface area contributed by atoms with Gasteiger partial charge in [-0.2, -0.15) is 0 Å². The van der Waals surface area contributed by atoms with E-state index in [2.05, 4.69) is 24.8 Å². The van der Waals surface area contributed by atoms with Gasteiger partial charge >= 0.3 is 5.97 Å². The Morgan fingerprint density at radius 3 is 2.30 bits per heavy atom. The van der Waals surface area contributed by atoms with Crippen LogP contribution in [0.1, 0.15) is 0 Å². The third-order valence-corrected chi connectivity index (χ3v) is 1.31. The number of carboxylic acids is 1. The number of hydrogen-bond donors (Lipinski definition) is 1. The molecule has 0 aliphatic heterocycles. The molecule has 0 unspecified atom stereocenters. The minimum Gasteiger partial charge on any atom is -0.480 e. The maximum absolute atomic E-state index is 9.97. The van der Waals surface area contributed by atoms with E-state index in [-0.39, 0.29) is 30.3 Å². The van der Waals surface area contributed by atoms with Crippen LogP contribution in [0.2, 0.25) is 0 Å². The minimum absolute atomic E-state index is 0. The molecule has 3 nitrogen and oxygen atoms in total. The van der Waals surface area contributed by atoms with Crippen molar-refractivity contribution in [2.45, 2.75) is 0 Å². The Labute approximate surface area is 82.9 Å². The molecule has 0 aliphatic carbocycles. The van der Waals surface area contributed by atoms with Crippen LogP contribution < -0.4 is 0 Å². The number of nitrogens with zero attached hydrogens (tertiary/aromatic N) is 1. The second kappa shape index (κ2) is 5.95. The normalized spacial score (nSPS) is 7.70. The monoisotopic (exact) mass is 228 g/mol. The molecule has 0 heterocycles. The molecule has 6 heteroatoms. The summed E-state index contributed by atoms with van der Waals surface area (Å²) in [5.41, 5.74) is 0. The van der Waals surface area contributed by atoms with Gasteiger partial charge in [0.15, 0.2) is 0 Å². The average Bonchev–Trinajstić information content (AvgIpc) is 1.63. The van der Waals surface area contributed by atoms with E-state index in [4.69, 9.17) is 5.11 Å². The van der Waals surface area contributed by atoms with E-state index in [0.717, 1.165) is 0 Å². The predicted molar refractivity (Wildman–Crippen MR) is 40.2 cm³/mol. The van der Waals surface area contributed by atoms with Gasteiger partial charge in [-0.3, -0.25) is 4.79 Å².